The molecule has 1 heterocycles. The van der Waals surface area contributed by atoms with Gasteiger partial charge in [0.15, 0.2) is 0 Å². The van der Waals surface area contributed by atoms with Gasteiger partial charge in [0, 0.05) is 32.2 Å². The lowest BCUT2D eigenvalue weighted by atomic mass is 9.73. The predicted molar refractivity (Wildman–Crippen MR) is 75.6 cm³/mol. The summed E-state index contributed by atoms with van der Waals surface area (Å²) >= 11 is 0. The molecule has 3 nitrogen and oxygen atoms in total. The molecule has 1 N–H and O–H groups in total. The van der Waals surface area contributed by atoms with Gasteiger partial charge in [0.2, 0.25) is 0 Å². The van der Waals surface area contributed by atoms with E-state index in [4.69, 9.17) is 0 Å². The number of allylic oxidation sites excluding steroid dienone is 1. The lowest BCUT2D eigenvalue weighted by Gasteiger charge is -2.48. The smallest absolute Gasteiger partial charge is 0.0774 e. The zero-order valence-corrected chi connectivity index (χ0v) is 12.2. The molecule has 0 spiro atoms. The molecule has 1 saturated carbocycles. The van der Waals surface area contributed by atoms with E-state index in [1.807, 2.05) is 6.92 Å². The van der Waals surface area contributed by atoms with E-state index < -0.39 is 5.60 Å². The molecular weight excluding hydrogens is 224 g/mol. The van der Waals surface area contributed by atoms with E-state index in [9.17, 15) is 5.11 Å². The van der Waals surface area contributed by atoms with E-state index in [-0.39, 0.29) is 0 Å². The van der Waals surface area contributed by atoms with Gasteiger partial charge < -0.3 is 10.0 Å². The second-order valence-electron chi connectivity index (χ2n) is 6.53. The van der Waals surface area contributed by atoms with Crippen LogP contribution in [0, 0.1) is 5.92 Å². The fraction of sp³-hybridized carbons (Fsp3) is 0.867. The van der Waals surface area contributed by atoms with Crippen LogP contribution in [0.1, 0.15) is 33.1 Å². The Bertz CT molecular complexity index is 306. The summed E-state index contributed by atoms with van der Waals surface area (Å²) in [5.74, 6) is 0.592. The highest BCUT2D eigenvalue weighted by molar-refractivity contribution is 5.05. The number of hydrogen-bond donors (Lipinski definition) is 1. The van der Waals surface area contributed by atoms with Crippen LogP contribution in [0.4, 0.5) is 0 Å². The molecule has 2 aliphatic rings. The molecule has 1 aliphatic carbocycles. The number of nitrogens with zero attached hydrogens (tertiary/aromatic N) is 2. The van der Waals surface area contributed by atoms with Gasteiger partial charge in [0.05, 0.1) is 5.60 Å². The molecule has 18 heavy (non-hydrogen) atoms. The van der Waals surface area contributed by atoms with Gasteiger partial charge in [-0.2, -0.15) is 0 Å². The second-order valence-corrected chi connectivity index (χ2v) is 6.53. The van der Waals surface area contributed by atoms with Crippen molar-refractivity contribution >= 4 is 0 Å². The van der Waals surface area contributed by atoms with Crippen molar-refractivity contribution < 1.29 is 5.11 Å². The van der Waals surface area contributed by atoms with Gasteiger partial charge in [0.25, 0.3) is 0 Å². The molecule has 2 unspecified atom stereocenters. The number of piperazine rings is 1. The van der Waals surface area contributed by atoms with Crippen LogP contribution in [-0.2, 0) is 0 Å². The van der Waals surface area contributed by atoms with Crippen LogP contribution in [0.2, 0.25) is 0 Å². The van der Waals surface area contributed by atoms with Gasteiger partial charge in [-0.3, -0.25) is 4.90 Å². The van der Waals surface area contributed by atoms with Gasteiger partial charge in [-0.05, 0) is 46.1 Å². The number of rotatable bonds is 2. The normalized spacial score (nSPS) is 39.8. The molecule has 2 fully saturated rings. The van der Waals surface area contributed by atoms with Crippen LogP contribution in [-0.4, -0.2) is 59.8 Å². The van der Waals surface area contributed by atoms with Crippen LogP contribution in [0.5, 0.6) is 0 Å². The number of aliphatic hydroxyl groups is 1. The van der Waals surface area contributed by atoms with Crippen LogP contribution in [0.3, 0.4) is 0 Å². The van der Waals surface area contributed by atoms with E-state index in [0.29, 0.717) is 12.0 Å². The maximum Gasteiger partial charge on any atom is 0.0774 e. The third-order valence-corrected chi connectivity index (χ3v) is 4.90. The molecule has 2 rings (SSSR count). The molecule has 0 aromatic carbocycles. The first-order chi connectivity index (χ1) is 8.40. The summed E-state index contributed by atoms with van der Waals surface area (Å²) in [5.41, 5.74) is 0.756. The maximum atomic E-state index is 10.7. The highest BCUT2D eigenvalue weighted by Gasteiger charge is 2.42. The minimum Gasteiger partial charge on any atom is -0.389 e. The highest BCUT2D eigenvalue weighted by atomic mass is 16.3. The summed E-state index contributed by atoms with van der Waals surface area (Å²) in [4.78, 5) is 4.86. The van der Waals surface area contributed by atoms with E-state index >= 15 is 0 Å². The molecule has 0 aromatic heterocycles. The van der Waals surface area contributed by atoms with Crippen molar-refractivity contribution in [2.24, 2.45) is 5.92 Å². The minimum atomic E-state index is -0.526. The van der Waals surface area contributed by atoms with Crippen molar-refractivity contribution in [3.63, 3.8) is 0 Å². The first-order valence-electron chi connectivity index (χ1n) is 7.20. The van der Waals surface area contributed by atoms with Crippen LogP contribution < -0.4 is 0 Å². The fourth-order valence-electron chi connectivity index (χ4n) is 3.40. The molecule has 3 heteroatoms. The van der Waals surface area contributed by atoms with Gasteiger partial charge in [-0.1, -0.05) is 12.2 Å². The first-order valence-corrected chi connectivity index (χ1v) is 7.20. The molecular formula is C15H28N2O. The molecule has 0 amide bonds. The Hall–Kier alpha value is -0.380. The average molecular weight is 252 g/mol. The Morgan fingerprint density at radius 2 is 1.89 bits per heavy atom. The quantitative estimate of drug-likeness (QED) is 0.758. The van der Waals surface area contributed by atoms with Gasteiger partial charge in [-0.15, -0.1) is 0 Å². The number of hydrogen-bond acceptors (Lipinski definition) is 3. The Morgan fingerprint density at radius 3 is 2.44 bits per heavy atom. The van der Waals surface area contributed by atoms with Gasteiger partial charge >= 0.3 is 0 Å². The zero-order chi connectivity index (χ0) is 13.3. The van der Waals surface area contributed by atoms with Crippen LogP contribution >= 0.6 is 0 Å². The average Bonchev–Trinajstić information content (AvgIpc) is 2.30. The summed E-state index contributed by atoms with van der Waals surface area (Å²) in [6, 6.07) is 0.307. The van der Waals surface area contributed by atoms with Gasteiger partial charge in [-0.25, -0.2) is 0 Å². The molecule has 1 saturated heterocycles. The molecule has 0 aromatic rings. The van der Waals surface area contributed by atoms with E-state index in [0.717, 1.165) is 45.4 Å². The topological polar surface area (TPSA) is 26.7 Å². The molecule has 0 bridgehead atoms. The third kappa shape index (κ3) is 2.95. The number of likely N-dealkylation sites (N-methyl/N-ethyl adjacent to an activating group) is 1. The lowest BCUT2D eigenvalue weighted by Crippen LogP contribution is -2.59. The van der Waals surface area contributed by atoms with E-state index in [2.05, 4.69) is 30.4 Å². The molecule has 3 atom stereocenters. The maximum absolute atomic E-state index is 10.7. The van der Waals surface area contributed by atoms with Crippen molar-refractivity contribution in [1.29, 1.82) is 0 Å². The van der Waals surface area contributed by atoms with E-state index in [1.165, 1.54) is 5.57 Å². The summed E-state index contributed by atoms with van der Waals surface area (Å²) < 4.78 is 0. The Balaban J connectivity index is 2.04. The van der Waals surface area contributed by atoms with Crippen molar-refractivity contribution in [3.8, 4) is 0 Å². The second kappa shape index (κ2) is 5.32. The summed E-state index contributed by atoms with van der Waals surface area (Å²) in [6.45, 7) is 12.7. The summed E-state index contributed by atoms with van der Waals surface area (Å²) in [6.07, 6.45) is 3.07. The van der Waals surface area contributed by atoms with Crippen LogP contribution in [0.25, 0.3) is 0 Å². The van der Waals surface area contributed by atoms with Crippen molar-refractivity contribution in [2.45, 2.75) is 44.8 Å². The van der Waals surface area contributed by atoms with Crippen LogP contribution in [0.15, 0.2) is 12.2 Å². The minimum absolute atomic E-state index is 0.307. The molecule has 0 radical (unpaired) electrons. The standard InChI is InChI=1S/C15H28N2O/c1-12(2)13-5-6-15(3,18)14(11-13)17-9-7-16(4)8-10-17/h13-14,18H,1,5-11H2,2-4H3/t13-,14?,15?/m1/s1. The summed E-state index contributed by atoms with van der Waals surface area (Å²) in [7, 11) is 2.17. The molecule has 104 valence electrons. The zero-order valence-electron chi connectivity index (χ0n) is 12.2. The van der Waals surface area contributed by atoms with E-state index in [1.54, 1.807) is 0 Å². The lowest BCUT2D eigenvalue weighted by molar-refractivity contribution is -0.0784. The Kier molecular flexibility index (Phi) is 4.15. The third-order valence-electron chi connectivity index (χ3n) is 4.90. The Morgan fingerprint density at radius 1 is 1.28 bits per heavy atom. The summed E-state index contributed by atoms with van der Waals surface area (Å²) in [5, 5.41) is 10.7. The van der Waals surface area contributed by atoms with Crippen molar-refractivity contribution in [3.05, 3.63) is 12.2 Å². The van der Waals surface area contributed by atoms with Crippen molar-refractivity contribution in [1.82, 2.24) is 9.80 Å². The van der Waals surface area contributed by atoms with Crippen molar-refractivity contribution in [2.75, 3.05) is 33.2 Å². The largest absolute Gasteiger partial charge is 0.389 e. The van der Waals surface area contributed by atoms with Gasteiger partial charge in [0.1, 0.15) is 0 Å². The fourth-order valence-corrected chi connectivity index (χ4v) is 3.40. The SMILES string of the molecule is C=C(C)[C@@H]1CCC(C)(O)C(N2CCN(C)CC2)C1. The highest BCUT2D eigenvalue weighted by Crippen LogP contribution is 2.38. The Labute approximate surface area is 111 Å². The monoisotopic (exact) mass is 252 g/mol. The first kappa shape index (κ1) is 14.0. The molecule has 1 aliphatic heterocycles. The predicted octanol–water partition coefficient (Wildman–Crippen LogP) is 1.73.